The highest BCUT2D eigenvalue weighted by molar-refractivity contribution is 6.06. The van der Waals surface area contributed by atoms with Gasteiger partial charge in [-0.25, -0.2) is 19.8 Å². The molecule has 0 aromatic carbocycles. The minimum absolute atomic E-state index is 0.00643. The predicted octanol–water partition coefficient (Wildman–Crippen LogP) is 0.0975. The SMILES string of the molecule is CCOC(=O)c1c(C(=O)OC)c(CC(=O)OC)n(NC(N)=O)c1C. The zero-order chi connectivity index (χ0) is 18.4. The molecule has 0 fully saturated rings. The topological polar surface area (TPSA) is 139 Å². The van der Waals surface area contributed by atoms with E-state index in [9.17, 15) is 19.2 Å². The van der Waals surface area contributed by atoms with Crippen LogP contribution < -0.4 is 11.2 Å². The average Bonchev–Trinajstić information content (AvgIpc) is 2.79. The van der Waals surface area contributed by atoms with E-state index in [1.54, 1.807) is 6.92 Å². The highest BCUT2D eigenvalue weighted by Gasteiger charge is 2.32. The number of primary amides is 1. The number of ether oxygens (including phenoxy) is 3. The Bertz CT molecular complexity index is 678. The third-order valence-corrected chi connectivity index (χ3v) is 3.14. The van der Waals surface area contributed by atoms with Gasteiger partial charge in [-0.1, -0.05) is 0 Å². The smallest absolute Gasteiger partial charge is 0.340 e. The molecule has 0 saturated carbocycles. The molecule has 0 bridgehead atoms. The van der Waals surface area contributed by atoms with Crippen LogP contribution in [0.4, 0.5) is 4.79 Å². The van der Waals surface area contributed by atoms with Crippen molar-refractivity contribution in [3.63, 3.8) is 0 Å². The van der Waals surface area contributed by atoms with E-state index in [1.807, 2.05) is 0 Å². The zero-order valence-corrected chi connectivity index (χ0v) is 13.8. The Morgan fingerprint density at radius 1 is 1.08 bits per heavy atom. The summed E-state index contributed by atoms with van der Waals surface area (Å²) in [6, 6.07) is -0.953. The van der Waals surface area contributed by atoms with Crippen LogP contribution in [-0.2, 0) is 25.4 Å². The largest absolute Gasteiger partial charge is 0.469 e. The molecule has 10 nitrogen and oxygen atoms in total. The second-order valence-corrected chi connectivity index (χ2v) is 4.56. The number of hydrogen-bond acceptors (Lipinski definition) is 7. The summed E-state index contributed by atoms with van der Waals surface area (Å²) in [7, 11) is 2.28. The van der Waals surface area contributed by atoms with Crippen molar-refractivity contribution in [1.82, 2.24) is 4.68 Å². The number of nitrogens with zero attached hydrogens (tertiary/aromatic N) is 1. The first-order valence-corrected chi connectivity index (χ1v) is 6.91. The third kappa shape index (κ3) is 3.83. The van der Waals surface area contributed by atoms with Crippen molar-refractivity contribution in [1.29, 1.82) is 0 Å². The van der Waals surface area contributed by atoms with E-state index in [1.165, 1.54) is 6.92 Å². The lowest BCUT2D eigenvalue weighted by Crippen LogP contribution is -2.31. The molecular formula is C14H19N3O7. The molecule has 1 heterocycles. The van der Waals surface area contributed by atoms with Crippen molar-refractivity contribution >= 4 is 23.9 Å². The summed E-state index contributed by atoms with van der Waals surface area (Å²) >= 11 is 0. The van der Waals surface area contributed by atoms with Gasteiger partial charge in [0.15, 0.2) is 0 Å². The van der Waals surface area contributed by atoms with E-state index in [0.29, 0.717) is 0 Å². The minimum Gasteiger partial charge on any atom is -0.469 e. The predicted molar refractivity (Wildman–Crippen MR) is 81.1 cm³/mol. The van der Waals surface area contributed by atoms with E-state index in [-0.39, 0.29) is 29.1 Å². The molecule has 0 unspecified atom stereocenters. The van der Waals surface area contributed by atoms with Crippen LogP contribution in [0.5, 0.6) is 0 Å². The van der Waals surface area contributed by atoms with E-state index in [4.69, 9.17) is 10.5 Å². The number of urea groups is 1. The number of nitrogens with two attached hydrogens (primary N) is 1. The Hall–Kier alpha value is -3.04. The number of aromatic nitrogens is 1. The average molecular weight is 341 g/mol. The molecule has 0 spiro atoms. The van der Waals surface area contributed by atoms with Gasteiger partial charge in [0.25, 0.3) is 0 Å². The van der Waals surface area contributed by atoms with Gasteiger partial charge >= 0.3 is 23.9 Å². The molecule has 1 aromatic heterocycles. The number of methoxy groups -OCH3 is 2. The standard InChI is InChI=1S/C14H19N3O7/c1-5-24-13(20)10-7(2)17(16-14(15)21)8(6-9(18)22-3)11(10)12(19)23-4/h5-6H2,1-4H3,(H3,15,16,21). The van der Waals surface area contributed by atoms with Gasteiger partial charge in [-0.3, -0.25) is 9.47 Å². The van der Waals surface area contributed by atoms with Gasteiger partial charge in [0.1, 0.15) is 0 Å². The summed E-state index contributed by atoms with van der Waals surface area (Å²) in [6.07, 6.45) is -0.401. The maximum Gasteiger partial charge on any atom is 0.340 e. The first-order valence-electron chi connectivity index (χ1n) is 6.91. The molecule has 24 heavy (non-hydrogen) atoms. The number of rotatable bonds is 6. The van der Waals surface area contributed by atoms with Crippen LogP contribution >= 0.6 is 0 Å². The molecule has 2 amide bonds. The van der Waals surface area contributed by atoms with Crippen molar-refractivity contribution in [2.75, 3.05) is 26.3 Å². The number of carbonyl (C=O) groups is 4. The maximum absolute atomic E-state index is 12.2. The van der Waals surface area contributed by atoms with Crippen LogP contribution in [0.3, 0.4) is 0 Å². The Morgan fingerprint density at radius 2 is 1.71 bits per heavy atom. The van der Waals surface area contributed by atoms with E-state index >= 15 is 0 Å². The van der Waals surface area contributed by atoms with Crippen molar-refractivity contribution in [3.8, 4) is 0 Å². The Labute approximate surface area is 137 Å². The van der Waals surface area contributed by atoms with E-state index in [2.05, 4.69) is 14.9 Å². The van der Waals surface area contributed by atoms with Gasteiger partial charge in [-0.15, -0.1) is 0 Å². The van der Waals surface area contributed by atoms with Crippen molar-refractivity contribution < 1.29 is 33.4 Å². The second-order valence-electron chi connectivity index (χ2n) is 4.56. The van der Waals surface area contributed by atoms with E-state index in [0.717, 1.165) is 18.9 Å². The Kier molecular flexibility index (Phi) is 6.33. The lowest BCUT2D eigenvalue weighted by Gasteiger charge is -2.11. The fourth-order valence-electron chi connectivity index (χ4n) is 2.16. The second kappa shape index (κ2) is 7.99. The monoisotopic (exact) mass is 341 g/mol. The lowest BCUT2D eigenvalue weighted by molar-refractivity contribution is -0.139. The molecule has 132 valence electrons. The quantitative estimate of drug-likeness (QED) is 0.552. The Balaban J connectivity index is 3.68. The van der Waals surface area contributed by atoms with Crippen LogP contribution in [0.1, 0.15) is 39.0 Å². The first-order chi connectivity index (χ1) is 11.3. The molecule has 1 aromatic rings. The number of amides is 2. The van der Waals surface area contributed by atoms with Gasteiger partial charge in [0.05, 0.1) is 49.8 Å². The number of esters is 3. The summed E-state index contributed by atoms with van der Waals surface area (Å²) in [4.78, 5) is 47.2. The van der Waals surface area contributed by atoms with Crippen LogP contribution in [0.15, 0.2) is 0 Å². The summed E-state index contributed by atoms with van der Waals surface area (Å²) in [5.41, 5.74) is 7.17. The molecule has 0 aliphatic heterocycles. The van der Waals surface area contributed by atoms with Crippen LogP contribution in [0.2, 0.25) is 0 Å². The minimum atomic E-state index is -0.953. The lowest BCUT2D eigenvalue weighted by atomic mass is 10.1. The van der Waals surface area contributed by atoms with Gasteiger partial charge in [0, 0.05) is 0 Å². The normalized spacial score (nSPS) is 10.0. The van der Waals surface area contributed by atoms with Gasteiger partial charge in [0.2, 0.25) is 0 Å². The van der Waals surface area contributed by atoms with Crippen molar-refractivity contribution in [3.05, 3.63) is 22.5 Å². The summed E-state index contributed by atoms with van der Waals surface area (Å²) in [6.45, 7) is 3.12. The van der Waals surface area contributed by atoms with Crippen LogP contribution in [-0.4, -0.2) is 49.4 Å². The highest BCUT2D eigenvalue weighted by Crippen LogP contribution is 2.25. The summed E-state index contributed by atoms with van der Waals surface area (Å²) in [5, 5.41) is 0. The summed E-state index contributed by atoms with van der Waals surface area (Å²) < 4.78 is 15.2. The van der Waals surface area contributed by atoms with Gasteiger partial charge in [-0.2, -0.15) is 0 Å². The first kappa shape index (κ1) is 19.0. The molecule has 1 rings (SSSR count). The molecule has 0 atom stereocenters. The molecule has 10 heteroatoms. The highest BCUT2D eigenvalue weighted by atomic mass is 16.5. The maximum atomic E-state index is 12.2. The number of nitrogens with one attached hydrogen (secondary N) is 1. The molecular weight excluding hydrogens is 322 g/mol. The van der Waals surface area contributed by atoms with Crippen LogP contribution in [0, 0.1) is 6.92 Å². The molecule has 3 N–H and O–H groups in total. The van der Waals surface area contributed by atoms with Crippen LogP contribution in [0.25, 0.3) is 0 Å². The molecule has 0 saturated heterocycles. The Morgan fingerprint density at radius 3 is 2.17 bits per heavy atom. The van der Waals surface area contributed by atoms with Gasteiger partial charge < -0.3 is 19.9 Å². The number of hydrogen-bond donors (Lipinski definition) is 2. The van der Waals surface area contributed by atoms with E-state index < -0.39 is 30.4 Å². The molecule has 0 aliphatic carbocycles. The van der Waals surface area contributed by atoms with Crippen molar-refractivity contribution in [2.24, 2.45) is 5.73 Å². The molecule has 0 radical (unpaired) electrons. The number of carbonyl (C=O) groups excluding carboxylic acids is 4. The van der Waals surface area contributed by atoms with Gasteiger partial charge in [-0.05, 0) is 13.8 Å². The fraction of sp³-hybridized carbons (Fsp3) is 0.429. The summed E-state index contributed by atoms with van der Waals surface area (Å²) in [5.74, 6) is -2.36. The third-order valence-electron chi connectivity index (χ3n) is 3.14. The van der Waals surface area contributed by atoms with Crippen molar-refractivity contribution in [2.45, 2.75) is 20.3 Å². The molecule has 0 aliphatic rings. The fourth-order valence-corrected chi connectivity index (χ4v) is 2.16. The zero-order valence-electron chi connectivity index (χ0n) is 13.8.